The molecule has 1 aliphatic carbocycles. The minimum atomic E-state index is -0.336. The molecule has 0 amide bonds. The first kappa shape index (κ1) is 19.4. The van der Waals surface area contributed by atoms with Crippen LogP contribution in [0.1, 0.15) is 22.3 Å². The van der Waals surface area contributed by atoms with Gasteiger partial charge in [-0.3, -0.25) is 0 Å². The van der Waals surface area contributed by atoms with Gasteiger partial charge in [0.2, 0.25) is 0 Å². The molecular formula is C25H24N2O4. The van der Waals surface area contributed by atoms with Gasteiger partial charge in [-0.05, 0) is 48.2 Å². The number of hydrogen-bond acceptors (Lipinski definition) is 6. The molecule has 0 atom stereocenters. The molecule has 158 valence electrons. The molecule has 0 bridgehead atoms. The fourth-order valence-corrected chi connectivity index (χ4v) is 4.49. The summed E-state index contributed by atoms with van der Waals surface area (Å²) in [5, 5.41) is 1.80. The number of benzene rings is 2. The van der Waals surface area contributed by atoms with E-state index in [0.717, 1.165) is 33.3 Å². The molecule has 0 N–H and O–H groups in total. The Morgan fingerprint density at radius 2 is 1.13 bits per heavy atom. The van der Waals surface area contributed by atoms with Crippen molar-refractivity contribution in [1.29, 1.82) is 0 Å². The van der Waals surface area contributed by atoms with E-state index in [-0.39, 0.29) is 11.3 Å². The first-order valence-electron chi connectivity index (χ1n) is 10.4. The lowest BCUT2D eigenvalue weighted by molar-refractivity contribution is 0.547. The van der Waals surface area contributed by atoms with Gasteiger partial charge in [-0.25, -0.2) is 9.59 Å². The lowest BCUT2D eigenvalue weighted by Crippen LogP contribution is -2.14. The summed E-state index contributed by atoms with van der Waals surface area (Å²) in [4.78, 5) is 29.8. The summed E-state index contributed by atoms with van der Waals surface area (Å²) in [6.07, 6.45) is 1.49. The van der Waals surface area contributed by atoms with Gasteiger partial charge in [0.1, 0.15) is 11.2 Å². The summed E-state index contributed by atoms with van der Waals surface area (Å²) in [7, 11) is 7.78. The predicted octanol–water partition coefficient (Wildman–Crippen LogP) is 3.72. The van der Waals surface area contributed by atoms with Gasteiger partial charge in [-0.1, -0.05) is 0 Å². The third-order valence-corrected chi connectivity index (χ3v) is 6.22. The molecule has 2 aromatic carbocycles. The Kier molecular flexibility index (Phi) is 4.39. The molecule has 0 aliphatic heterocycles. The average Bonchev–Trinajstić information content (AvgIpc) is 2.94. The van der Waals surface area contributed by atoms with E-state index in [2.05, 4.69) is 0 Å². The lowest BCUT2D eigenvalue weighted by atomic mass is 9.97. The monoisotopic (exact) mass is 416 g/mol. The molecule has 2 heterocycles. The third-order valence-electron chi connectivity index (χ3n) is 6.22. The van der Waals surface area contributed by atoms with Crippen LogP contribution in [0.25, 0.3) is 21.9 Å². The quantitative estimate of drug-likeness (QED) is 0.464. The van der Waals surface area contributed by atoms with Crippen molar-refractivity contribution in [3.8, 4) is 0 Å². The minimum Gasteiger partial charge on any atom is -0.422 e. The van der Waals surface area contributed by atoms with Crippen molar-refractivity contribution in [2.24, 2.45) is 0 Å². The highest BCUT2D eigenvalue weighted by atomic mass is 16.4. The topological polar surface area (TPSA) is 66.9 Å². The maximum atomic E-state index is 13.0. The van der Waals surface area contributed by atoms with Gasteiger partial charge < -0.3 is 18.6 Å². The number of aryl methyl sites for hydroxylation is 1. The van der Waals surface area contributed by atoms with Crippen molar-refractivity contribution in [2.45, 2.75) is 19.3 Å². The van der Waals surface area contributed by atoms with Gasteiger partial charge in [0, 0.05) is 80.0 Å². The number of rotatable bonds is 2. The molecule has 0 radical (unpaired) electrons. The number of hydrogen-bond donors (Lipinski definition) is 0. The highest BCUT2D eigenvalue weighted by Crippen LogP contribution is 2.33. The fourth-order valence-electron chi connectivity index (χ4n) is 4.49. The van der Waals surface area contributed by atoms with Crippen LogP contribution in [0.2, 0.25) is 0 Å². The Morgan fingerprint density at radius 3 is 1.68 bits per heavy atom. The van der Waals surface area contributed by atoms with Crippen molar-refractivity contribution < 1.29 is 8.83 Å². The summed E-state index contributed by atoms with van der Waals surface area (Å²) in [6, 6.07) is 11.8. The summed E-state index contributed by atoms with van der Waals surface area (Å²) in [6.45, 7) is 0. The molecule has 0 saturated carbocycles. The SMILES string of the molecule is CN(C)c1ccc2c3c(c(=O)oc2c1)Cc1c(c(=O)oc2cc(N(C)C)ccc12)CC3. The van der Waals surface area contributed by atoms with Crippen LogP contribution in [-0.2, 0) is 19.3 Å². The van der Waals surface area contributed by atoms with Crippen molar-refractivity contribution in [1.82, 2.24) is 0 Å². The first-order valence-corrected chi connectivity index (χ1v) is 10.4. The molecule has 1 aliphatic rings. The zero-order chi connectivity index (χ0) is 21.9. The van der Waals surface area contributed by atoms with Crippen LogP contribution >= 0.6 is 0 Å². The second-order valence-electron chi connectivity index (χ2n) is 8.52. The lowest BCUT2D eigenvalue weighted by Gasteiger charge is -2.15. The molecule has 0 spiro atoms. The Bertz CT molecular complexity index is 1460. The molecule has 31 heavy (non-hydrogen) atoms. The standard InChI is InChI=1S/C25H24N2O4/c1-26(2)14-5-7-17-16-9-10-19-20(13-21(16)25(29)31-22(17)11-14)18-8-6-15(27(3)4)12-23(18)30-24(19)28/h5-8,11-12H,9-10,13H2,1-4H3. The largest absolute Gasteiger partial charge is 0.422 e. The molecular weight excluding hydrogens is 392 g/mol. The Balaban J connectivity index is 1.74. The summed E-state index contributed by atoms with van der Waals surface area (Å²) in [5.41, 5.74) is 5.49. The van der Waals surface area contributed by atoms with E-state index in [1.807, 2.05) is 74.4 Å². The molecule has 2 aromatic heterocycles. The van der Waals surface area contributed by atoms with Crippen molar-refractivity contribution in [3.63, 3.8) is 0 Å². The van der Waals surface area contributed by atoms with E-state index < -0.39 is 0 Å². The molecule has 0 fully saturated rings. The minimum absolute atomic E-state index is 0.324. The molecule has 6 heteroatoms. The van der Waals surface area contributed by atoms with E-state index in [0.29, 0.717) is 41.6 Å². The normalized spacial score (nSPS) is 13.0. The van der Waals surface area contributed by atoms with E-state index in [4.69, 9.17) is 8.83 Å². The van der Waals surface area contributed by atoms with Gasteiger partial charge in [0.05, 0.1) is 0 Å². The molecule has 6 nitrogen and oxygen atoms in total. The number of fused-ring (bicyclic) bond motifs is 6. The molecule has 0 saturated heterocycles. The Hall–Kier alpha value is -3.54. The van der Waals surface area contributed by atoms with E-state index >= 15 is 0 Å². The molecule has 4 aromatic rings. The Morgan fingerprint density at radius 1 is 0.645 bits per heavy atom. The average molecular weight is 416 g/mol. The fraction of sp³-hybridized carbons (Fsp3) is 0.280. The van der Waals surface area contributed by atoms with Gasteiger partial charge in [0.25, 0.3) is 0 Å². The highest BCUT2D eigenvalue weighted by molar-refractivity contribution is 5.87. The zero-order valence-corrected chi connectivity index (χ0v) is 18.1. The van der Waals surface area contributed by atoms with Crippen LogP contribution in [0.3, 0.4) is 0 Å². The van der Waals surface area contributed by atoms with E-state index in [9.17, 15) is 9.59 Å². The molecule has 0 unspecified atom stereocenters. The van der Waals surface area contributed by atoms with Crippen molar-refractivity contribution in [3.05, 3.63) is 79.5 Å². The third kappa shape index (κ3) is 3.10. The van der Waals surface area contributed by atoms with Crippen LogP contribution in [0.5, 0.6) is 0 Å². The van der Waals surface area contributed by atoms with Gasteiger partial charge >= 0.3 is 11.3 Å². The zero-order valence-electron chi connectivity index (χ0n) is 18.1. The van der Waals surface area contributed by atoms with E-state index in [1.54, 1.807) is 0 Å². The number of anilines is 2. The predicted molar refractivity (Wildman–Crippen MR) is 124 cm³/mol. The smallest absolute Gasteiger partial charge is 0.340 e. The molecule has 5 rings (SSSR count). The first-order chi connectivity index (χ1) is 14.8. The van der Waals surface area contributed by atoms with Crippen LogP contribution in [0, 0.1) is 0 Å². The van der Waals surface area contributed by atoms with Crippen LogP contribution in [0.4, 0.5) is 11.4 Å². The van der Waals surface area contributed by atoms with Gasteiger partial charge in [0.15, 0.2) is 0 Å². The maximum Gasteiger partial charge on any atom is 0.340 e. The van der Waals surface area contributed by atoms with Gasteiger partial charge in [-0.2, -0.15) is 0 Å². The van der Waals surface area contributed by atoms with Crippen molar-refractivity contribution >= 4 is 33.3 Å². The van der Waals surface area contributed by atoms with Gasteiger partial charge in [-0.15, -0.1) is 0 Å². The van der Waals surface area contributed by atoms with Crippen LogP contribution in [-0.4, -0.2) is 28.2 Å². The highest BCUT2D eigenvalue weighted by Gasteiger charge is 2.24. The van der Waals surface area contributed by atoms with Crippen molar-refractivity contribution in [2.75, 3.05) is 38.0 Å². The summed E-state index contributed by atoms with van der Waals surface area (Å²) < 4.78 is 11.4. The van der Waals surface area contributed by atoms with Crippen LogP contribution < -0.4 is 21.1 Å². The second kappa shape index (κ2) is 7.01. The van der Waals surface area contributed by atoms with Crippen LogP contribution in [0.15, 0.2) is 54.8 Å². The second-order valence-corrected chi connectivity index (χ2v) is 8.52. The summed E-state index contributed by atoms with van der Waals surface area (Å²) >= 11 is 0. The summed E-state index contributed by atoms with van der Waals surface area (Å²) in [5.74, 6) is 0. The maximum absolute atomic E-state index is 13.0. The number of nitrogens with zero attached hydrogens (tertiary/aromatic N) is 2. The Labute approximate surface area is 179 Å². The van der Waals surface area contributed by atoms with E-state index in [1.165, 1.54) is 0 Å².